The SMILES string of the molecule is COC(C)CNC(C)c1cnc2cc(C)nn2c1C. The Bertz CT molecular complexity index is 564. The highest BCUT2D eigenvalue weighted by Crippen LogP contribution is 2.17. The van der Waals surface area contributed by atoms with Gasteiger partial charge >= 0.3 is 0 Å². The molecule has 0 aliphatic heterocycles. The first-order valence-electron chi connectivity index (χ1n) is 6.61. The zero-order valence-corrected chi connectivity index (χ0v) is 12.3. The molecule has 19 heavy (non-hydrogen) atoms. The average molecular weight is 262 g/mol. The smallest absolute Gasteiger partial charge is 0.155 e. The molecule has 0 fully saturated rings. The number of aromatic nitrogens is 3. The summed E-state index contributed by atoms with van der Waals surface area (Å²) in [6.07, 6.45) is 2.13. The molecule has 0 saturated heterocycles. The van der Waals surface area contributed by atoms with E-state index in [0.717, 1.165) is 23.6 Å². The van der Waals surface area contributed by atoms with E-state index in [1.165, 1.54) is 5.56 Å². The first-order chi connectivity index (χ1) is 9.02. The second-order valence-corrected chi connectivity index (χ2v) is 5.03. The van der Waals surface area contributed by atoms with Crippen LogP contribution < -0.4 is 5.32 Å². The lowest BCUT2D eigenvalue weighted by Crippen LogP contribution is -2.29. The number of hydrogen-bond donors (Lipinski definition) is 1. The summed E-state index contributed by atoms with van der Waals surface area (Å²) in [5, 5.41) is 7.92. The van der Waals surface area contributed by atoms with Crippen molar-refractivity contribution in [2.45, 2.75) is 39.8 Å². The summed E-state index contributed by atoms with van der Waals surface area (Å²) >= 11 is 0. The highest BCUT2D eigenvalue weighted by molar-refractivity contribution is 5.42. The number of methoxy groups -OCH3 is 1. The van der Waals surface area contributed by atoms with E-state index in [9.17, 15) is 0 Å². The van der Waals surface area contributed by atoms with E-state index in [1.807, 2.05) is 30.6 Å². The number of hydrogen-bond acceptors (Lipinski definition) is 4. The maximum absolute atomic E-state index is 5.24. The number of nitrogens with zero attached hydrogens (tertiary/aromatic N) is 3. The second kappa shape index (κ2) is 5.67. The van der Waals surface area contributed by atoms with E-state index >= 15 is 0 Å². The van der Waals surface area contributed by atoms with Gasteiger partial charge in [0, 0.05) is 43.2 Å². The molecular weight excluding hydrogens is 240 g/mol. The van der Waals surface area contributed by atoms with Crippen LogP contribution in [-0.2, 0) is 4.74 Å². The van der Waals surface area contributed by atoms with Crippen LogP contribution in [0.3, 0.4) is 0 Å². The number of aryl methyl sites for hydroxylation is 2. The summed E-state index contributed by atoms with van der Waals surface area (Å²) in [6, 6.07) is 2.21. The highest BCUT2D eigenvalue weighted by Gasteiger charge is 2.13. The number of ether oxygens (including phenoxy) is 1. The van der Waals surface area contributed by atoms with Crippen molar-refractivity contribution in [1.82, 2.24) is 19.9 Å². The van der Waals surface area contributed by atoms with Crippen LogP contribution in [0.2, 0.25) is 0 Å². The Balaban J connectivity index is 2.22. The fourth-order valence-electron chi connectivity index (χ4n) is 2.14. The van der Waals surface area contributed by atoms with Gasteiger partial charge in [-0.2, -0.15) is 5.10 Å². The quantitative estimate of drug-likeness (QED) is 0.896. The molecule has 0 saturated carbocycles. The molecule has 2 unspecified atom stereocenters. The van der Waals surface area contributed by atoms with Gasteiger partial charge in [0.25, 0.3) is 0 Å². The van der Waals surface area contributed by atoms with Gasteiger partial charge in [-0.25, -0.2) is 9.50 Å². The first kappa shape index (κ1) is 14.0. The number of nitrogens with one attached hydrogen (secondary N) is 1. The Hall–Kier alpha value is -1.46. The van der Waals surface area contributed by atoms with Crippen molar-refractivity contribution in [3.8, 4) is 0 Å². The summed E-state index contributed by atoms with van der Waals surface area (Å²) in [5.74, 6) is 0. The lowest BCUT2D eigenvalue weighted by Gasteiger charge is -2.19. The predicted octanol–water partition coefficient (Wildman–Crippen LogP) is 2.03. The minimum Gasteiger partial charge on any atom is -0.380 e. The molecule has 0 radical (unpaired) electrons. The monoisotopic (exact) mass is 262 g/mol. The van der Waals surface area contributed by atoms with Crippen molar-refractivity contribution in [1.29, 1.82) is 0 Å². The van der Waals surface area contributed by atoms with E-state index < -0.39 is 0 Å². The standard InChI is InChI=1S/C14H22N4O/c1-9-6-14-16-8-13(12(4)18(14)17-9)11(3)15-7-10(2)19-5/h6,8,10-11,15H,7H2,1-5H3. The number of fused-ring (bicyclic) bond motifs is 1. The number of rotatable bonds is 5. The van der Waals surface area contributed by atoms with Crippen LogP contribution in [0.4, 0.5) is 0 Å². The minimum absolute atomic E-state index is 0.200. The summed E-state index contributed by atoms with van der Waals surface area (Å²) in [6.45, 7) is 9.05. The van der Waals surface area contributed by atoms with Crippen molar-refractivity contribution in [2.24, 2.45) is 0 Å². The molecule has 2 heterocycles. The summed E-state index contributed by atoms with van der Waals surface area (Å²) in [5.41, 5.74) is 4.18. The maximum Gasteiger partial charge on any atom is 0.155 e. The van der Waals surface area contributed by atoms with Crippen LogP contribution in [0.15, 0.2) is 12.3 Å². The average Bonchev–Trinajstić information content (AvgIpc) is 2.77. The van der Waals surface area contributed by atoms with Gasteiger partial charge < -0.3 is 10.1 Å². The van der Waals surface area contributed by atoms with Crippen molar-refractivity contribution < 1.29 is 4.74 Å². The molecule has 0 aromatic carbocycles. The molecule has 0 spiro atoms. The van der Waals surface area contributed by atoms with Crippen molar-refractivity contribution >= 4 is 5.65 Å². The van der Waals surface area contributed by atoms with Gasteiger partial charge in [0.15, 0.2) is 5.65 Å². The molecule has 104 valence electrons. The lowest BCUT2D eigenvalue weighted by molar-refractivity contribution is 0.115. The molecule has 5 heteroatoms. The van der Waals surface area contributed by atoms with E-state index in [-0.39, 0.29) is 12.1 Å². The molecule has 0 aliphatic rings. The summed E-state index contributed by atoms with van der Waals surface area (Å²) in [4.78, 5) is 4.46. The van der Waals surface area contributed by atoms with Crippen LogP contribution in [0, 0.1) is 13.8 Å². The predicted molar refractivity (Wildman–Crippen MR) is 75.3 cm³/mol. The third-order valence-corrected chi connectivity index (χ3v) is 3.46. The molecule has 2 atom stereocenters. The molecular formula is C14H22N4O. The zero-order chi connectivity index (χ0) is 14.0. The van der Waals surface area contributed by atoms with E-state index in [0.29, 0.717) is 0 Å². The maximum atomic E-state index is 5.24. The Morgan fingerprint density at radius 1 is 1.37 bits per heavy atom. The van der Waals surface area contributed by atoms with Crippen molar-refractivity contribution in [3.05, 3.63) is 29.2 Å². The molecule has 0 aliphatic carbocycles. The molecule has 5 nitrogen and oxygen atoms in total. The fourth-order valence-corrected chi connectivity index (χ4v) is 2.14. The van der Waals surface area contributed by atoms with Crippen molar-refractivity contribution in [3.63, 3.8) is 0 Å². The summed E-state index contributed by atoms with van der Waals surface area (Å²) < 4.78 is 7.15. The van der Waals surface area contributed by atoms with Crippen LogP contribution in [-0.4, -0.2) is 34.4 Å². The van der Waals surface area contributed by atoms with E-state index in [4.69, 9.17) is 4.74 Å². The third kappa shape index (κ3) is 2.93. The highest BCUT2D eigenvalue weighted by atomic mass is 16.5. The Labute approximate surface area is 114 Å². The second-order valence-electron chi connectivity index (χ2n) is 5.03. The van der Waals surface area contributed by atoms with Gasteiger partial charge in [0.05, 0.1) is 11.8 Å². The molecule has 1 N–H and O–H groups in total. The Morgan fingerprint density at radius 2 is 2.11 bits per heavy atom. The first-order valence-corrected chi connectivity index (χ1v) is 6.61. The van der Waals surface area contributed by atoms with Gasteiger partial charge in [-0.3, -0.25) is 0 Å². The Kier molecular flexibility index (Phi) is 4.17. The fraction of sp³-hybridized carbons (Fsp3) is 0.571. The van der Waals surface area contributed by atoms with Gasteiger partial charge in [-0.05, 0) is 27.7 Å². The zero-order valence-electron chi connectivity index (χ0n) is 12.3. The Morgan fingerprint density at radius 3 is 2.79 bits per heavy atom. The van der Waals surface area contributed by atoms with E-state index in [1.54, 1.807) is 7.11 Å². The van der Waals surface area contributed by atoms with Gasteiger partial charge in [0.1, 0.15) is 0 Å². The van der Waals surface area contributed by atoms with Gasteiger partial charge in [-0.1, -0.05) is 0 Å². The lowest BCUT2D eigenvalue weighted by atomic mass is 10.1. The largest absolute Gasteiger partial charge is 0.380 e. The third-order valence-electron chi connectivity index (χ3n) is 3.46. The minimum atomic E-state index is 0.200. The van der Waals surface area contributed by atoms with Gasteiger partial charge in [0.2, 0.25) is 0 Å². The molecule has 2 rings (SSSR count). The van der Waals surface area contributed by atoms with Crippen LogP contribution in [0.5, 0.6) is 0 Å². The topological polar surface area (TPSA) is 51.5 Å². The van der Waals surface area contributed by atoms with Gasteiger partial charge in [-0.15, -0.1) is 0 Å². The van der Waals surface area contributed by atoms with Crippen molar-refractivity contribution in [2.75, 3.05) is 13.7 Å². The van der Waals surface area contributed by atoms with E-state index in [2.05, 4.69) is 29.2 Å². The molecule has 0 amide bonds. The normalized spacial score (nSPS) is 14.8. The van der Waals surface area contributed by atoms with Crippen LogP contribution in [0.1, 0.15) is 36.8 Å². The summed E-state index contributed by atoms with van der Waals surface area (Å²) in [7, 11) is 1.72. The van der Waals surface area contributed by atoms with Crippen LogP contribution in [0.25, 0.3) is 5.65 Å². The molecule has 2 aromatic heterocycles. The molecule has 2 aromatic rings. The molecule has 0 bridgehead atoms. The van der Waals surface area contributed by atoms with Crippen LogP contribution >= 0.6 is 0 Å².